The first-order valence-electron chi connectivity index (χ1n) is 9.80. The smallest absolute Gasteiger partial charge is 0.262 e. The number of hydrogen-bond acceptors (Lipinski definition) is 6. The van der Waals surface area contributed by atoms with Crippen LogP contribution in [0.15, 0.2) is 18.2 Å². The van der Waals surface area contributed by atoms with Crippen molar-refractivity contribution in [1.29, 1.82) is 0 Å². The van der Waals surface area contributed by atoms with Crippen LogP contribution in [-0.4, -0.2) is 65.1 Å². The zero-order valence-electron chi connectivity index (χ0n) is 15.4. The van der Waals surface area contributed by atoms with E-state index in [2.05, 4.69) is 15.5 Å². The van der Waals surface area contributed by atoms with Crippen LogP contribution in [0.25, 0.3) is 0 Å². The minimum atomic E-state index is -0.919. The van der Waals surface area contributed by atoms with Gasteiger partial charge in [-0.25, -0.2) is 0 Å². The van der Waals surface area contributed by atoms with Crippen LogP contribution in [0.2, 0.25) is 0 Å². The van der Waals surface area contributed by atoms with Gasteiger partial charge in [0.25, 0.3) is 11.8 Å². The van der Waals surface area contributed by atoms with Crippen LogP contribution in [-0.2, 0) is 16.1 Å². The number of benzene rings is 1. The Bertz CT molecular complexity index is 898. The number of carbonyl (C=O) groups is 4. The molecule has 2 N–H and O–H groups in total. The largest absolute Gasteiger partial charge is 0.315 e. The molecule has 3 atom stereocenters. The van der Waals surface area contributed by atoms with Crippen molar-refractivity contribution in [3.63, 3.8) is 0 Å². The predicted octanol–water partition coefficient (Wildman–Crippen LogP) is -0.118. The fraction of sp³-hybridized carbons (Fsp3) is 0.500. The van der Waals surface area contributed by atoms with Crippen LogP contribution < -0.4 is 10.6 Å². The second-order valence-corrected chi connectivity index (χ2v) is 8.17. The molecule has 4 aliphatic heterocycles. The average Bonchev–Trinajstić information content (AvgIpc) is 3.08. The van der Waals surface area contributed by atoms with E-state index < -0.39 is 23.8 Å². The van der Waals surface area contributed by atoms with Crippen LogP contribution in [0.5, 0.6) is 0 Å². The van der Waals surface area contributed by atoms with E-state index in [1.54, 1.807) is 12.1 Å². The molecule has 8 heteroatoms. The highest BCUT2D eigenvalue weighted by molar-refractivity contribution is 6.23. The summed E-state index contributed by atoms with van der Waals surface area (Å²) in [4.78, 5) is 52.7. The molecule has 28 heavy (non-hydrogen) atoms. The molecule has 4 aliphatic rings. The molecule has 0 saturated carbocycles. The van der Waals surface area contributed by atoms with Crippen molar-refractivity contribution in [3.05, 3.63) is 34.9 Å². The van der Waals surface area contributed by atoms with Gasteiger partial charge in [-0.3, -0.25) is 34.3 Å². The van der Waals surface area contributed by atoms with E-state index in [9.17, 15) is 19.2 Å². The number of nitrogens with one attached hydrogen (secondary N) is 2. The molecule has 8 nitrogen and oxygen atoms in total. The normalized spacial score (nSPS) is 30.0. The summed E-state index contributed by atoms with van der Waals surface area (Å²) in [5, 5.41) is 5.68. The number of likely N-dealkylation sites (tertiary alicyclic amines) is 1. The van der Waals surface area contributed by atoms with Gasteiger partial charge in [-0.2, -0.15) is 0 Å². The van der Waals surface area contributed by atoms with Gasteiger partial charge in [0.15, 0.2) is 0 Å². The van der Waals surface area contributed by atoms with Gasteiger partial charge in [0.2, 0.25) is 11.8 Å². The lowest BCUT2D eigenvalue weighted by Gasteiger charge is -2.27. The molecule has 3 unspecified atom stereocenters. The average molecular weight is 382 g/mol. The fourth-order valence-electron chi connectivity index (χ4n) is 4.95. The second-order valence-electron chi connectivity index (χ2n) is 8.17. The van der Waals surface area contributed by atoms with Crippen molar-refractivity contribution >= 4 is 23.6 Å². The monoisotopic (exact) mass is 382 g/mol. The molecule has 0 aromatic heterocycles. The van der Waals surface area contributed by atoms with Gasteiger partial charge in [-0.15, -0.1) is 0 Å². The molecule has 3 saturated heterocycles. The van der Waals surface area contributed by atoms with Gasteiger partial charge in [-0.05, 0) is 43.0 Å². The lowest BCUT2D eigenvalue weighted by molar-refractivity contribution is -0.136. The van der Waals surface area contributed by atoms with Crippen molar-refractivity contribution in [3.8, 4) is 0 Å². The van der Waals surface area contributed by atoms with Gasteiger partial charge < -0.3 is 5.32 Å². The molecular formula is C20H22N4O4. The molecular weight excluding hydrogens is 360 g/mol. The highest BCUT2D eigenvalue weighted by atomic mass is 16.2. The maximum atomic E-state index is 12.9. The highest BCUT2D eigenvalue weighted by Gasteiger charge is 2.44. The molecule has 0 radical (unpaired) electrons. The SMILES string of the molecule is O=C1CCC(N2C(=O)c3ccc(CN4CC5CNCC4C5)cc3C2=O)C(=O)N1. The van der Waals surface area contributed by atoms with Crippen LogP contribution in [0.4, 0.5) is 0 Å². The van der Waals surface area contributed by atoms with Crippen LogP contribution in [0.3, 0.4) is 0 Å². The summed E-state index contributed by atoms with van der Waals surface area (Å²) in [6.07, 6.45) is 1.51. The third kappa shape index (κ3) is 2.75. The Hall–Kier alpha value is -2.58. The third-order valence-corrected chi connectivity index (χ3v) is 6.32. The minimum Gasteiger partial charge on any atom is -0.315 e. The van der Waals surface area contributed by atoms with E-state index >= 15 is 0 Å². The van der Waals surface area contributed by atoms with Gasteiger partial charge >= 0.3 is 0 Å². The summed E-state index contributed by atoms with van der Waals surface area (Å²) in [5.41, 5.74) is 1.69. The van der Waals surface area contributed by atoms with E-state index in [1.165, 1.54) is 6.42 Å². The summed E-state index contributed by atoms with van der Waals surface area (Å²) >= 11 is 0. The number of piperidine rings is 2. The number of carbonyl (C=O) groups excluding carboxylic acids is 4. The molecule has 0 spiro atoms. The minimum absolute atomic E-state index is 0.126. The van der Waals surface area contributed by atoms with Crippen molar-refractivity contribution in [2.75, 3.05) is 19.6 Å². The third-order valence-electron chi connectivity index (χ3n) is 6.32. The zero-order valence-corrected chi connectivity index (χ0v) is 15.4. The second kappa shape index (κ2) is 6.49. The summed E-state index contributed by atoms with van der Waals surface area (Å²) in [6, 6.07) is 4.98. The van der Waals surface area contributed by atoms with E-state index in [4.69, 9.17) is 0 Å². The summed E-state index contributed by atoms with van der Waals surface area (Å²) < 4.78 is 0. The Morgan fingerprint density at radius 2 is 1.86 bits per heavy atom. The van der Waals surface area contributed by atoms with Crippen molar-refractivity contribution in [1.82, 2.24) is 20.4 Å². The molecule has 1 aromatic carbocycles. The molecule has 0 aliphatic carbocycles. The quantitative estimate of drug-likeness (QED) is 0.708. The number of nitrogens with zero attached hydrogens (tertiary/aromatic N) is 2. The molecule has 4 heterocycles. The highest BCUT2D eigenvalue weighted by Crippen LogP contribution is 2.31. The number of rotatable bonds is 3. The number of fused-ring (bicyclic) bond motifs is 3. The lowest BCUT2D eigenvalue weighted by atomic mass is 10.0. The van der Waals surface area contributed by atoms with Crippen LogP contribution >= 0.6 is 0 Å². The Kier molecular flexibility index (Phi) is 4.06. The van der Waals surface area contributed by atoms with Crippen molar-refractivity contribution in [2.45, 2.75) is 37.9 Å². The molecule has 5 rings (SSSR count). The molecule has 2 bridgehead atoms. The van der Waals surface area contributed by atoms with Gasteiger partial charge in [-0.1, -0.05) is 6.07 Å². The Labute approximate surface area is 162 Å². The van der Waals surface area contributed by atoms with Crippen LogP contribution in [0, 0.1) is 5.92 Å². The van der Waals surface area contributed by atoms with Crippen LogP contribution in [0.1, 0.15) is 45.5 Å². The van der Waals surface area contributed by atoms with E-state index in [-0.39, 0.29) is 18.7 Å². The maximum absolute atomic E-state index is 12.9. The van der Waals surface area contributed by atoms with Crippen molar-refractivity contribution in [2.24, 2.45) is 5.92 Å². The molecule has 1 aromatic rings. The zero-order chi connectivity index (χ0) is 19.4. The Morgan fingerprint density at radius 3 is 2.64 bits per heavy atom. The number of hydrogen-bond donors (Lipinski definition) is 2. The number of imide groups is 2. The topological polar surface area (TPSA) is 98.8 Å². The summed E-state index contributed by atoms with van der Waals surface area (Å²) in [5.74, 6) is -1.17. The van der Waals surface area contributed by atoms with Gasteiger partial charge in [0, 0.05) is 32.1 Å². The van der Waals surface area contributed by atoms with Gasteiger partial charge in [0.05, 0.1) is 11.1 Å². The maximum Gasteiger partial charge on any atom is 0.262 e. The Balaban J connectivity index is 1.37. The summed E-state index contributed by atoms with van der Waals surface area (Å²) in [6.45, 7) is 3.84. The first-order chi connectivity index (χ1) is 13.5. The van der Waals surface area contributed by atoms with Crippen molar-refractivity contribution < 1.29 is 19.2 Å². The van der Waals surface area contributed by atoms with E-state index in [1.807, 2.05) is 6.07 Å². The first kappa shape index (κ1) is 17.5. The number of amides is 4. The molecule has 146 valence electrons. The Morgan fingerprint density at radius 1 is 1.04 bits per heavy atom. The molecule has 4 amide bonds. The first-order valence-corrected chi connectivity index (χ1v) is 9.80. The fourth-order valence-corrected chi connectivity index (χ4v) is 4.95. The predicted molar refractivity (Wildman–Crippen MR) is 98.3 cm³/mol. The lowest BCUT2D eigenvalue weighted by Crippen LogP contribution is -2.54. The van der Waals surface area contributed by atoms with E-state index in [0.29, 0.717) is 23.1 Å². The summed E-state index contributed by atoms with van der Waals surface area (Å²) in [7, 11) is 0. The molecule has 3 fully saturated rings. The van der Waals surface area contributed by atoms with Gasteiger partial charge in [0.1, 0.15) is 6.04 Å². The van der Waals surface area contributed by atoms with E-state index in [0.717, 1.165) is 36.6 Å². The standard InChI is InChI=1S/C20H22N4O4/c25-17-4-3-16(18(26)22-17)24-19(27)14-2-1-11(6-15(14)20(24)28)9-23-10-12-5-13(23)8-21-7-12/h1-2,6,12-13,16,21H,3-5,7-10H2,(H,22,25,26).